The summed E-state index contributed by atoms with van der Waals surface area (Å²) >= 11 is 0. The highest BCUT2D eigenvalue weighted by Gasteiger charge is 2.06. The molecule has 5 heteroatoms. The van der Waals surface area contributed by atoms with Crippen LogP contribution in [0.3, 0.4) is 0 Å². The quantitative estimate of drug-likeness (QED) is 0.527. The van der Waals surface area contributed by atoms with Crippen LogP contribution in [-0.4, -0.2) is 22.3 Å². The van der Waals surface area contributed by atoms with Crippen LogP contribution >= 0.6 is 0 Å². The summed E-state index contributed by atoms with van der Waals surface area (Å²) in [6, 6.07) is 24.1. The molecule has 0 fully saturated rings. The van der Waals surface area contributed by atoms with Gasteiger partial charge in [-0.1, -0.05) is 60.7 Å². The van der Waals surface area contributed by atoms with Gasteiger partial charge in [0.05, 0.1) is 11.9 Å². The summed E-state index contributed by atoms with van der Waals surface area (Å²) < 4.78 is 7.45. The average molecular weight is 371 g/mol. The van der Waals surface area contributed by atoms with Crippen LogP contribution in [0.25, 0.3) is 10.8 Å². The molecule has 0 aliphatic rings. The van der Waals surface area contributed by atoms with Gasteiger partial charge >= 0.3 is 0 Å². The van der Waals surface area contributed by atoms with Crippen molar-refractivity contribution in [2.75, 3.05) is 11.9 Å². The Morgan fingerprint density at radius 1 is 0.964 bits per heavy atom. The Kier molecular flexibility index (Phi) is 5.33. The number of hydrogen-bond acceptors (Lipinski definition) is 3. The molecule has 4 aromatic rings. The van der Waals surface area contributed by atoms with Gasteiger partial charge in [-0.25, -0.2) is 0 Å². The van der Waals surface area contributed by atoms with E-state index in [1.54, 1.807) is 6.20 Å². The Hall–Kier alpha value is -3.60. The molecule has 0 aliphatic heterocycles. The van der Waals surface area contributed by atoms with Gasteiger partial charge in [0, 0.05) is 12.7 Å². The van der Waals surface area contributed by atoms with Crippen molar-refractivity contribution in [2.45, 2.75) is 13.0 Å². The molecule has 1 heterocycles. The van der Waals surface area contributed by atoms with Crippen LogP contribution in [0.5, 0.6) is 5.75 Å². The highest BCUT2D eigenvalue weighted by Crippen LogP contribution is 2.20. The van der Waals surface area contributed by atoms with Crippen LogP contribution < -0.4 is 10.1 Å². The second-order valence-electron chi connectivity index (χ2n) is 6.57. The van der Waals surface area contributed by atoms with Crippen molar-refractivity contribution in [2.24, 2.45) is 0 Å². The van der Waals surface area contributed by atoms with Crippen LogP contribution in [0.2, 0.25) is 0 Å². The number of rotatable bonds is 7. The van der Waals surface area contributed by atoms with E-state index in [-0.39, 0.29) is 12.5 Å². The summed E-state index contributed by atoms with van der Waals surface area (Å²) in [4.78, 5) is 12.2. The summed E-state index contributed by atoms with van der Waals surface area (Å²) in [7, 11) is 0. The Bertz CT molecular complexity index is 1070. The maximum atomic E-state index is 12.2. The minimum absolute atomic E-state index is 0.0481. The fourth-order valence-corrected chi connectivity index (χ4v) is 3.04. The first kappa shape index (κ1) is 17.8. The van der Waals surface area contributed by atoms with Crippen LogP contribution in [0, 0.1) is 0 Å². The molecule has 1 amide bonds. The molecule has 5 nitrogen and oxygen atoms in total. The lowest BCUT2D eigenvalue weighted by Gasteiger charge is -2.07. The Labute approximate surface area is 163 Å². The van der Waals surface area contributed by atoms with E-state index in [4.69, 9.17) is 4.74 Å². The van der Waals surface area contributed by atoms with E-state index in [1.807, 2.05) is 71.5 Å². The zero-order valence-electron chi connectivity index (χ0n) is 15.4. The van der Waals surface area contributed by atoms with Crippen LogP contribution in [0.15, 0.2) is 85.2 Å². The molecule has 3 aromatic carbocycles. The number of ether oxygens (including phenoxy) is 1. The van der Waals surface area contributed by atoms with Gasteiger partial charge in [0.1, 0.15) is 5.75 Å². The first-order chi connectivity index (χ1) is 13.8. The lowest BCUT2D eigenvalue weighted by atomic mass is 10.1. The maximum Gasteiger partial charge on any atom is 0.262 e. The summed E-state index contributed by atoms with van der Waals surface area (Å²) in [5.41, 5.74) is 1.92. The minimum atomic E-state index is -0.212. The Morgan fingerprint density at radius 2 is 1.75 bits per heavy atom. The molecular formula is C23H21N3O2. The third-order valence-electron chi connectivity index (χ3n) is 4.48. The van der Waals surface area contributed by atoms with Gasteiger partial charge in [-0.3, -0.25) is 9.48 Å². The Morgan fingerprint density at radius 3 is 2.61 bits per heavy atom. The van der Waals surface area contributed by atoms with Crippen LogP contribution in [0.4, 0.5) is 5.69 Å². The number of carbonyl (C=O) groups excluding carboxylic acids is 1. The molecule has 140 valence electrons. The van der Waals surface area contributed by atoms with Gasteiger partial charge in [-0.15, -0.1) is 0 Å². The van der Waals surface area contributed by atoms with Gasteiger partial charge in [0.25, 0.3) is 5.91 Å². The third kappa shape index (κ3) is 4.57. The van der Waals surface area contributed by atoms with E-state index in [1.165, 1.54) is 5.56 Å². The monoisotopic (exact) mass is 371 g/mol. The lowest BCUT2D eigenvalue weighted by molar-refractivity contribution is -0.118. The van der Waals surface area contributed by atoms with Crippen molar-refractivity contribution in [1.82, 2.24) is 9.78 Å². The molecule has 28 heavy (non-hydrogen) atoms. The van der Waals surface area contributed by atoms with Crippen molar-refractivity contribution >= 4 is 22.4 Å². The number of aryl methyl sites for hydroxylation is 2. The summed E-state index contributed by atoms with van der Waals surface area (Å²) in [6.45, 7) is 0.709. The maximum absolute atomic E-state index is 12.2. The zero-order chi connectivity index (χ0) is 19.2. The van der Waals surface area contributed by atoms with Gasteiger partial charge in [0.15, 0.2) is 6.61 Å². The molecule has 4 rings (SSSR count). The highest BCUT2D eigenvalue weighted by atomic mass is 16.5. The number of nitrogens with zero attached hydrogens (tertiary/aromatic N) is 2. The van der Waals surface area contributed by atoms with Crippen molar-refractivity contribution in [1.29, 1.82) is 0 Å². The number of aromatic nitrogens is 2. The number of fused-ring (bicyclic) bond motifs is 1. The SMILES string of the molecule is O=C(COc1ccc2ccccc2c1)Nc1cnn(CCc2ccccc2)c1. The van der Waals surface area contributed by atoms with E-state index < -0.39 is 0 Å². The number of hydrogen-bond donors (Lipinski definition) is 1. The molecule has 1 aromatic heterocycles. The zero-order valence-corrected chi connectivity index (χ0v) is 15.4. The smallest absolute Gasteiger partial charge is 0.262 e. The fourth-order valence-electron chi connectivity index (χ4n) is 3.04. The van der Waals surface area contributed by atoms with Gasteiger partial charge in [-0.05, 0) is 34.9 Å². The molecule has 1 N–H and O–H groups in total. The minimum Gasteiger partial charge on any atom is -0.484 e. The fraction of sp³-hybridized carbons (Fsp3) is 0.130. The standard InChI is InChI=1S/C23H21N3O2/c27-23(17-28-22-11-10-19-8-4-5-9-20(19)14-22)25-21-15-24-26(16-21)13-12-18-6-2-1-3-7-18/h1-11,14-16H,12-13,17H2,(H,25,27). The molecule has 0 bridgehead atoms. The number of carbonyl (C=O) groups is 1. The van der Waals surface area contributed by atoms with Crippen molar-refractivity contribution in [3.63, 3.8) is 0 Å². The lowest BCUT2D eigenvalue weighted by Crippen LogP contribution is -2.19. The van der Waals surface area contributed by atoms with Gasteiger partial charge in [-0.2, -0.15) is 5.10 Å². The van der Waals surface area contributed by atoms with Crippen LogP contribution in [-0.2, 0) is 17.8 Å². The molecule has 0 unspecified atom stereocenters. The number of amides is 1. The first-order valence-corrected chi connectivity index (χ1v) is 9.24. The van der Waals surface area contributed by atoms with E-state index >= 15 is 0 Å². The summed E-state index contributed by atoms with van der Waals surface area (Å²) in [6.07, 6.45) is 4.37. The Balaban J connectivity index is 1.28. The second-order valence-corrected chi connectivity index (χ2v) is 6.57. The van der Waals surface area contributed by atoms with E-state index in [0.717, 1.165) is 23.7 Å². The summed E-state index contributed by atoms with van der Waals surface area (Å²) in [5.74, 6) is 0.461. The van der Waals surface area contributed by atoms with E-state index in [0.29, 0.717) is 11.4 Å². The van der Waals surface area contributed by atoms with Crippen molar-refractivity contribution in [3.8, 4) is 5.75 Å². The molecule has 0 radical (unpaired) electrons. The van der Waals surface area contributed by atoms with E-state index in [9.17, 15) is 4.79 Å². The largest absolute Gasteiger partial charge is 0.484 e. The molecule has 0 aliphatic carbocycles. The van der Waals surface area contributed by atoms with Gasteiger partial charge in [0.2, 0.25) is 0 Å². The van der Waals surface area contributed by atoms with Crippen LogP contribution in [0.1, 0.15) is 5.56 Å². The average Bonchev–Trinajstić information content (AvgIpc) is 3.18. The molecular weight excluding hydrogens is 350 g/mol. The molecule has 0 atom stereocenters. The number of anilines is 1. The van der Waals surface area contributed by atoms with Gasteiger partial charge < -0.3 is 10.1 Å². The van der Waals surface area contributed by atoms with Crippen molar-refractivity contribution in [3.05, 3.63) is 90.8 Å². The molecule has 0 spiro atoms. The second kappa shape index (κ2) is 8.39. The predicted molar refractivity (Wildman–Crippen MR) is 110 cm³/mol. The predicted octanol–water partition coefficient (Wildman–Crippen LogP) is 4.30. The third-order valence-corrected chi connectivity index (χ3v) is 4.48. The first-order valence-electron chi connectivity index (χ1n) is 9.24. The highest BCUT2D eigenvalue weighted by molar-refractivity contribution is 5.91. The van der Waals surface area contributed by atoms with E-state index in [2.05, 4.69) is 22.5 Å². The topological polar surface area (TPSA) is 56.1 Å². The normalized spacial score (nSPS) is 10.7. The number of benzene rings is 3. The molecule has 0 saturated carbocycles. The number of nitrogens with one attached hydrogen (secondary N) is 1. The summed E-state index contributed by atoms with van der Waals surface area (Å²) in [5, 5.41) is 9.34. The molecule has 0 saturated heterocycles. The van der Waals surface area contributed by atoms with Crippen molar-refractivity contribution < 1.29 is 9.53 Å².